The number of hydrogen-bond donors (Lipinski definition) is 1. The molecule has 3 aromatic carbocycles. The van der Waals surface area contributed by atoms with Gasteiger partial charge in [0.2, 0.25) is 0 Å². The Labute approximate surface area is 121 Å². The summed E-state index contributed by atoms with van der Waals surface area (Å²) in [5.41, 5.74) is 4.50. The van der Waals surface area contributed by atoms with Crippen LogP contribution in [0.5, 0.6) is 0 Å². The summed E-state index contributed by atoms with van der Waals surface area (Å²) in [5.74, 6) is 0. The maximum Gasteiger partial charge on any atom is 0.0545 e. The number of para-hydroxylation sites is 2. The third kappa shape index (κ3) is 1.64. The number of fused-ring (bicyclic) bond motifs is 3. The summed E-state index contributed by atoms with van der Waals surface area (Å²) in [4.78, 5) is 3.51. The van der Waals surface area contributed by atoms with E-state index in [2.05, 4.69) is 47.4 Å². The molecule has 0 bridgehead atoms. The highest BCUT2D eigenvalue weighted by Gasteiger charge is 2.10. The van der Waals surface area contributed by atoms with E-state index in [4.69, 9.17) is 11.6 Å². The van der Waals surface area contributed by atoms with E-state index >= 15 is 0 Å². The maximum absolute atomic E-state index is 6.34. The van der Waals surface area contributed by atoms with E-state index in [-0.39, 0.29) is 0 Å². The molecule has 1 nitrogen and oxygen atoms in total. The third-order valence-corrected chi connectivity index (χ3v) is 4.03. The molecule has 0 saturated carbocycles. The molecule has 1 N–H and O–H groups in total. The summed E-state index contributed by atoms with van der Waals surface area (Å²) in [6.07, 6.45) is 0. The summed E-state index contributed by atoms with van der Waals surface area (Å²) in [7, 11) is 0. The first-order valence-electron chi connectivity index (χ1n) is 6.59. The SMILES string of the molecule is Clc1ccccc1-c1cccc2c1[nH]c1ccccc12. The minimum absolute atomic E-state index is 0.777. The van der Waals surface area contributed by atoms with Gasteiger partial charge in [0.15, 0.2) is 0 Å². The van der Waals surface area contributed by atoms with Crippen LogP contribution in [0.15, 0.2) is 66.7 Å². The van der Waals surface area contributed by atoms with Crippen LogP contribution in [0.25, 0.3) is 32.9 Å². The van der Waals surface area contributed by atoms with Gasteiger partial charge in [0, 0.05) is 32.4 Å². The molecule has 20 heavy (non-hydrogen) atoms. The van der Waals surface area contributed by atoms with Crippen LogP contribution in [0.1, 0.15) is 0 Å². The van der Waals surface area contributed by atoms with Gasteiger partial charge in [-0.2, -0.15) is 0 Å². The zero-order chi connectivity index (χ0) is 13.5. The molecule has 0 atom stereocenters. The van der Waals surface area contributed by atoms with Gasteiger partial charge in [0.05, 0.1) is 5.52 Å². The van der Waals surface area contributed by atoms with E-state index < -0.39 is 0 Å². The first-order chi connectivity index (χ1) is 9.84. The lowest BCUT2D eigenvalue weighted by Gasteiger charge is -2.05. The number of nitrogens with one attached hydrogen (secondary N) is 1. The number of halogens is 1. The summed E-state index contributed by atoms with van der Waals surface area (Å²) < 4.78 is 0. The van der Waals surface area contributed by atoms with E-state index in [1.807, 2.05) is 24.3 Å². The molecule has 0 aliphatic rings. The highest BCUT2D eigenvalue weighted by Crippen LogP contribution is 2.35. The molecule has 4 aromatic rings. The summed E-state index contributed by atoms with van der Waals surface area (Å²) in [6.45, 7) is 0. The van der Waals surface area contributed by atoms with E-state index in [1.54, 1.807) is 0 Å². The Kier molecular flexibility index (Phi) is 2.54. The van der Waals surface area contributed by atoms with Gasteiger partial charge in [0.25, 0.3) is 0 Å². The first kappa shape index (κ1) is 11.6. The number of benzene rings is 3. The minimum atomic E-state index is 0.777. The molecule has 4 rings (SSSR count). The largest absolute Gasteiger partial charge is 0.354 e. The van der Waals surface area contributed by atoms with Gasteiger partial charge in [-0.05, 0) is 12.1 Å². The summed E-state index contributed by atoms with van der Waals surface area (Å²) in [5, 5.41) is 3.26. The second-order valence-corrected chi connectivity index (χ2v) is 5.29. The second kappa shape index (κ2) is 4.39. The molecule has 0 saturated heterocycles. The Morgan fingerprint density at radius 3 is 2.25 bits per heavy atom. The standard InChI is InChI=1S/C18H12ClN/c19-16-10-3-1-6-12(16)14-8-5-9-15-13-7-2-4-11-17(13)20-18(14)15/h1-11,20H. The predicted octanol–water partition coefficient (Wildman–Crippen LogP) is 5.64. The van der Waals surface area contributed by atoms with Crippen molar-refractivity contribution in [3.8, 4) is 11.1 Å². The second-order valence-electron chi connectivity index (χ2n) is 4.88. The molecule has 96 valence electrons. The van der Waals surface area contributed by atoms with Crippen LogP contribution in [0.3, 0.4) is 0 Å². The molecule has 2 heteroatoms. The Morgan fingerprint density at radius 1 is 0.650 bits per heavy atom. The van der Waals surface area contributed by atoms with Crippen molar-refractivity contribution in [3.05, 3.63) is 71.8 Å². The molecule has 0 spiro atoms. The van der Waals surface area contributed by atoms with Crippen molar-refractivity contribution in [2.45, 2.75) is 0 Å². The lowest BCUT2D eigenvalue weighted by Crippen LogP contribution is -1.81. The fourth-order valence-corrected chi connectivity index (χ4v) is 3.01. The fourth-order valence-electron chi connectivity index (χ4n) is 2.78. The quantitative estimate of drug-likeness (QED) is 0.463. The molecule has 0 radical (unpaired) electrons. The molecule has 0 aliphatic heterocycles. The Bertz CT molecular complexity index is 921. The predicted molar refractivity (Wildman–Crippen MR) is 86.3 cm³/mol. The number of aromatic amines is 1. The van der Waals surface area contributed by atoms with Crippen molar-refractivity contribution >= 4 is 33.4 Å². The molecular formula is C18H12ClN. The number of aromatic nitrogens is 1. The molecule has 1 heterocycles. The maximum atomic E-state index is 6.34. The molecule has 0 aliphatic carbocycles. The lowest BCUT2D eigenvalue weighted by atomic mass is 10.0. The zero-order valence-corrected chi connectivity index (χ0v) is 11.5. The van der Waals surface area contributed by atoms with Crippen molar-refractivity contribution in [2.24, 2.45) is 0 Å². The lowest BCUT2D eigenvalue weighted by molar-refractivity contribution is 1.53. The van der Waals surface area contributed by atoms with Gasteiger partial charge in [-0.15, -0.1) is 0 Å². The van der Waals surface area contributed by atoms with Crippen molar-refractivity contribution in [1.82, 2.24) is 4.98 Å². The first-order valence-corrected chi connectivity index (χ1v) is 6.97. The zero-order valence-electron chi connectivity index (χ0n) is 10.7. The Hall–Kier alpha value is -2.25. The van der Waals surface area contributed by atoms with Crippen LogP contribution < -0.4 is 0 Å². The van der Waals surface area contributed by atoms with Crippen molar-refractivity contribution in [1.29, 1.82) is 0 Å². The molecule has 1 aromatic heterocycles. The van der Waals surface area contributed by atoms with Crippen molar-refractivity contribution in [3.63, 3.8) is 0 Å². The van der Waals surface area contributed by atoms with E-state index in [9.17, 15) is 0 Å². The topological polar surface area (TPSA) is 15.8 Å². The van der Waals surface area contributed by atoms with E-state index in [0.717, 1.165) is 27.2 Å². The number of H-pyrrole nitrogens is 1. The Balaban J connectivity index is 2.13. The fraction of sp³-hybridized carbons (Fsp3) is 0. The molecule has 0 unspecified atom stereocenters. The van der Waals surface area contributed by atoms with Gasteiger partial charge in [0.1, 0.15) is 0 Å². The smallest absolute Gasteiger partial charge is 0.0545 e. The van der Waals surface area contributed by atoms with Gasteiger partial charge in [-0.3, -0.25) is 0 Å². The number of rotatable bonds is 1. The van der Waals surface area contributed by atoms with Gasteiger partial charge < -0.3 is 4.98 Å². The summed E-state index contributed by atoms with van der Waals surface area (Å²) >= 11 is 6.34. The minimum Gasteiger partial charge on any atom is -0.354 e. The van der Waals surface area contributed by atoms with E-state index in [0.29, 0.717) is 0 Å². The van der Waals surface area contributed by atoms with Crippen LogP contribution in [0, 0.1) is 0 Å². The number of hydrogen-bond acceptors (Lipinski definition) is 0. The van der Waals surface area contributed by atoms with Gasteiger partial charge in [-0.25, -0.2) is 0 Å². The highest BCUT2D eigenvalue weighted by molar-refractivity contribution is 6.33. The average Bonchev–Trinajstić information content (AvgIpc) is 2.86. The Morgan fingerprint density at radius 2 is 1.35 bits per heavy atom. The van der Waals surface area contributed by atoms with E-state index in [1.165, 1.54) is 10.8 Å². The van der Waals surface area contributed by atoms with Gasteiger partial charge >= 0.3 is 0 Å². The highest BCUT2D eigenvalue weighted by atomic mass is 35.5. The normalized spacial score (nSPS) is 11.2. The molecule has 0 amide bonds. The van der Waals surface area contributed by atoms with Crippen LogP contribution in [0.4, 0.5) is 0 Å². The summed E-state index contributed by atoms with van der Waals surface area (Å²) in [6, 6.07) is 22.7. The van der Waals surface area contributed by atoms with Gasteiger partial charge in [-0.1, -0.05) is 66.2 Å². The van der Waals surface area contributed by atoms with Crippen LogP contribution >= 0.6 is 11.6 Å². The molecule has 0 fully saturated rings. The van der Waals surface area contributed by atoms with Crippen LogP contribution in [-0.2, 0) is 0 Å². The molecular weight excluding hydrogens is 266 g/mol. The van der Waals surface area contributed by atoms with Crippen molar-refractivity contribution < 1.29 is 0 Å². The van der Waals surface area contributed by atoms with Crippen LogP contribution in [-0.4, -0.2) is 4.98 Å². The third-order valence-electron chi connectivity index (χ3n) is 3.71. The monoisotopic (exact) mass is 277 g/mol. The van der Waals surface area contributed by atoms with Crippen molar-refractivity contribution in [2.75, 3.05) is 0 Å². The van der Waals surface area contributed by atoms with Crippen LogP contribution in [0.2, 0.25) is 5.02 Å². The average molecular weight is 278 g/mol.